The van der Waals surface area contributed by atoms with Crippen molar-refractivity contribution in [3.8, 4) is 0 Å². The Kier molecular flexibility index (Phi) is 5.50. The minimum absolute atomic E-state index is 0.183. The Morgan fingerprint density at radius 2 is 1.44 bits per heavy atom. The van der Waals surface area contributed by atoms with Gasteiger partial charge in [0, 0.05) is 6.04 Å². The van der Waals surface area contributed by atoms with Gasteiger partial charge in [-0.05, 0) is 62.7 Å². The summed E-state index contributed by atoms with van der Waals surface area (Å²) in [5.41, 5.74) is 4.96. The second-order valence-electron chi connectivity index (χ2n) is 7.62. The highest BCUT2D eigenvalue weighted by atomic mass is 16.3. The number of rotatable bonds is 5. The summed E-state index contributed by atoms with van der Waals surface area (Å²) in [6.07, 6.45) is 0. The Labute approximate surface area is 163 Å². The van der Waals surface area contributed by atoms with Crippen LogP contribution in [0.3, 0.4) is 0 Å². The molecule has 0 amide bonds. The summed E-state index contributed by atoms with van der Waals surface area (Å²) in [5.74, 6) is 0. The normalized spacial score (nSPS) is 14.8. The molecule has 140 valence electrons. The molecule has 3 rings (SSSR count). The first-order valence-corrected chi connectivity index (χ1v) is 9.47. The van der Waals surface area contributed by atoms with E-state index in [4.69, 9.17) is 0 Å². The molecule has 0 aromatic heterocycles. The van der Waals surface area contributed by atoms with Crippen LogP contribution in [-0.2, 0) is 5.60 Å². The largest absolute Gasteiger partial charge is 0.376 e. The number of aliphatic hydroxyl groups is 1. The zero-order valence-electron chi connectivity index (χ0n) is 16.9. The number of benzene rings is 3. The van der Waals surface area contributed by atoms with Gasteiger partial charge in [0.25, 0.3) is 0 Å². The van der Waals surface area contributed by atoms with Crippen molar-refractivity contribution >= 4 is 0 Å². The maximum absolute atomic E-state index is 12.3. The van der Waals surface area contributed by atoms with Crippen molar-refractivity contribution in [2.75, 3.05) is 14.1 Å². The maximum Gasteiger partial charge on any atom is 0.141 e. The average Bonchev–Trinajstić information content (AvgIpc) is 2.67. The summed E-state index contributed by atoms with van der Waals surface area (Å²) in [6, 6.07) is 24.7. The summed E-state index contributed by atoms with van der Waals surface area (Å²) in [6.45, 7) is 6.33. The van der Waals surface area contributed by atoms with E-state index < -0.39 is 5.60 Å². The molecule has 0 unspecified atom stereocenters. The minimum Gasteiger partial charge on any atom is -0.376 e. The molecule has 0 heterocycles. The first-order valence-electron chi connectivity index (χ1n) is 9.47. The van der Waals surface area contributed by atoms with Gasteiger partial charge in [0.05, 0.1) is 0 Å². The zero-order chi connectivity index (χ0) is 19.6. The molecule has 0 saturated carbocycles. The molecule has 2 nitrogen and oxygen atoms in total. The maximum atomic E-state index is 12.3. The summed E-state index contributed by atoms with van der Waals surface area (Å²) in [5, 5.41) is 12.3. The first kappa shape index (κ1) is 19.3. The van der Waals surface area contributed by atoms with Crippen molar-refractivity contribution in [2.45, 2.75) is 32.4 Å². The van der Waals surface area contributed by atoms with Gasteiger partial charge in [0.2, 0.25) is 0 Å². The lowest BCUT2D eigenvalue weighted by molar-refractivity contribution is 0.122. The number of aryl methyl sites for hydroxylation is 2. The Balaban J connectivity index is 2.34. The molecule has 0 aliphatic heterocycles. The highest BCUT2D eigenvalue weighted by Crippen LogP contribution is 2.41. The SMILES string of the molecule is Cc1ccc([C@](O)(c2ccccc2)c2ccccc2[C@@H](C)N(C)C)c(C)c1. The molecule has 2 atom stereocenters. The molecule has 3 aromatic rings. The van der Waals surface area contributed by atoms with Crippen LogP contribution in [0.4, 0.5) is 0 Å². The lowest BCUT2D eigenvalue weighted by atomic mass is 9.75. The number of hydrogen-bond donors (Lipinski definition) is 1. The van der Waals surface area contributed by atoms with E-state index in [1.807, 2.05) is 42.5 Å². The van der Waals surface area contributed by atoms with E-state index in [2.05, 4.69) is 70.1 Å². The van der Waals surface area contributed by atoms with Crippen molar-refractivity contribution in [1.82, 2.24) is 4.90 Å². The van der Waals surface area contributed by atoms with E-state index in [1.54, 1.807) is 0 Å². The van der Waals surface area contributed by atoms with Crippen molar-refractivity contribution in [2.24, 2.45) is 0 Å². The lowest BCUT2D eigenvalue weighted by Crippen LogP contribution is -2.32. The Morgan fingerprint density at radius 1 is 0.815 bits per heavy atom. The van der Waals surface area contributed by atoms with E-state index in [-0.39, 0.29) is 6.04 Å². The van der Waals surface area contributed by atoms with Gasteiger partial charge in [-0.2, -0.15) is 0 Å². The third kappa shape index (κ3) is 3.55. The van der Waals surface area contributed by atoms with Gasteiger partial charge in [-0.25, -0.2) is 0 Å². The number of nitrogens with zero attached hydrogens (tertiary/aromatic N) is 1. The summed E-state index contributed by atoms with van der Waals surface area (Å²) < 4.78 is 0. The topological polar surface area (TPSA) is 23.5 Å². The van der Waals surface area contributed by atoms with Crippen LogP contribution < -0.4 is 0 Å². The van der Waals surface area contributed by atoms with Gasteiger partial charge in [0.1, 0.15) is 5.60 Å². The molecule has 0 saturated heterocycles. The molecule has 0 aliphatic carbocycles. The molecule has 0 bridgehead atoms. The van der Waals surface area contributed by atoms with Crippen LogP contribution in [0.5, 0.6) is 0 Å². The van der Waals surface area contributed by atoms with Crippen molar-refractivity contribution in [3.05, 3.63) is 106 Å². The molecule has 1 N–H and O–H groups in total. The fraction of sp³-hybridized carbons (Fsp3) is 0.280. The second-order valence-corrected chi connectivity index (χ2v) is 7.62. The molecule has 2 heteroatoms. The van der Waals surface area contributed by atoms with Crippen LogP contribution in [0.1, 0.15) is 46.3 Å². The van der Waals surface area contributed by atoms with E-state index in [0.717, 1.165) is 27.8 Å². The molecular weight excluding hydrogens is 330 g/mol. The predicted molar refractivity (Wildman–Crippen MR) is 113 cm³/mol. The Morgan fingerprint density at radius 3 is 2.07 bits per heavy atom. The quantitative estimate of drug-likeness (QED) is 0.632. The molecule has 0 spiro atoms. The van der Waals surface area contributed by atoms with E-state index in [1.165, 1.54) is 5.56 Å². The van der Waals surface area contributed by atoms with Gasteiger partial charge in [-0.1, -0.05) is 78.4 Å². The zero-order valence-corrected chi connectivity index (χ0v) is 16.9. The van der Waals surface area contributed by atoms with Crippen LogP contribution in [0, 0.1) is 13.8 Å². The van der Waals surface area contributed by atoms with Crippen LogP contribution in [-0.4, -0.2) is 24.1 Å². The summed E-state index contributed by atoms with van der Waals surface area (Å²) in [7, 11) is 4.14. The van der Waals surface area contributed by atoms with Crippen LogP contribution in [0.25, 0.3) is 0 Å². The number of hydrogen-bond acceptors (Lipinski definition) is 2. The van der Waals surface area contributed by atoms with Gasteiger partial charge in [0.15, 0.2) is 0 Å². The predicted octanol–water partition coefficient (Wildman–Crippen LogP) is 5.21. The van der Waals surface area contributed by atoms with Gasteiger partial charge < -0.3 is 10.0 Å². The van der Waals surface area contributed by atoms with Crippen LogP contribution >= 0.6 is 0 Å². The third-order valence-corrected chi connectivity index (χ3v) is 5.54. The van der Waals surface area contributed by atoms with Crippen LogP contribution in [0.2, 0.25) is 0 Å². The fourth-order valence-corrected chi connectivity index (χ4v) is 3.82. The van der Waals surface area contributed by atoms with Gasteiger partial charge in [-0.3, -0.25) is 0 Å². The highest BCUT2D eigenvalue weighted by molar-refractivity contribution is 5.53. The van der Waals surface area contributed by atoms with Crippen LogP contribution in [0.15, 0.2) is 72.8 Å². The lowest BCUT2D eigenvalue weighted by Gasteiger charge is -2.35. The molecule has 0 aliphatic rings. The highest BCUT2D eigenvalue weighted by Gasteiger charge is 2.37. The summed E-state index contributed by atoms with van der Waals surface area (Å²) in [4.78, 5) is 2.17. The first-order chi connectivity index (χ1) is 12.9. The fourth-order valence-electron chi connectivity index (χ4n) is 3.82. The van der Waals surface area contributed by atoms with Gasteiger partial charge >= 0.3 is 0 Å². The third-order valence-electron chi connectivity index (χ3n) is 5.54. The van der Waals surface area contributed by atoms with Crippen molar-refractivity contribution < 1.29 is 5.11 Å². The Bertz CT molecular complexity index is 917. The monoisotopic (exact) mass is 359 g/mol. The van der Waals surface area contributed by atoms with E-state index >= 15 is 0 Å². The standard InChI is InChI=1S/C25H29NO/c1-18-15-16-23(19(2)17-18)25(27,21-11-7-6-8-12-21)24-14-10-9-13-22(24)20(3)26(4)5/h6-17,20,27H,1-5H3/t20-,25-/m1/s1. The Hall–Kier alpha value is -2.42. The molecule has 27 heavy (non-hydrogen) atoms. The second kappa shape index (κ2) is 7.67. The molecular formula is C25H29NO. The average molecular weight is 360 g/mol. The smallest absolute Gasteiger partial charge is 0.141 e. The molecule has 0 radical (unpaired) electrons. The molecule has 0 fully saturated rings. The van der Waals surface area contributed by atoms with E-state index in [0.29, 0.717) is 0 Å². The van der Waals surface area contributed by atoms with Crippen molar-refractivity contribution in [1.29, 1.82) is 0 Å². The summed E-state index contributed by atoms with van der Waals surface area (Å²) >= 11 is 0. The van der Waals surface area contributed by atoms with E-state index in [9.17, 15) is 5.11 Å². The molecule has 3 aromatic carbocycles. The minimum atomic E-state index is -1.21. The van der Waals surface area contributed by atoms with Crippen molar-refractivity contribution in [3.63, 3.8) is 0 Å². The van der Waals surface area contributed by atoms with Gasteiger partial charge in [-0.15, -0.1) is 0 Å².